The maximum Gasteiger partial charge on any atom is 0.250 e. The number of para-hydroxylation sites is 2. The molecule has 0 saturated carbocycles. The van der Waals surface area contributed by atoms with Crippen molar-refractivity contribution in [3.05, 3.63) is 60.7 Å². The molecule has 3 N–H and O–H groups in total. The smallest absolute Gasteiger partial charge is 0.250 e. The number of piperidine rings is 1. The quantitative estimate of drug-likeness (QED) is 0.813. The molecule has 2 aromatic rings. The van der Waals surface area contributed by atoms with Crippen LogP contribution in [0, 0.1) is 0 Å². The van der Waals surface area contributed by atoms with Crippen LogP contribution in [-0.4, -0.2) is 24.5 Å². The zero-order valence-electron chi connectivity index (χ0n) is 12.5. The molecule has 4 nitrogen and oxygen atoms in total. The molecule has 1 heterocycles. The van der Waals surface area contributed by atoms with Gasteiger partial charge in [0.1, 0.15) is 5.54 Å². The normalized spacial score (nSPS) is 16.7. The van der Waals surface area contributed by atoms with E-state index in [0.29, 0.717) is 0 Å². The number of hydrogen-bond acceptors (Lipinski definition) is 3. The van der Waals surface area contributed by atoms with E-state index in [4.69, 9.17) is 0 Å². The number of rotatable bonds is 4. The largest absolute Gasteiger partial charge is 0.371 e. The summed E-state index contributed by atoms with van der Waals surface area (Å²) in [6, 6.07) is 19.6. The van der Waals surface area contributed by atoms with Crippen molar-refractivity contribution in [2.45, 2.75) is 18.4 Å². The first kappa shape index (κ1) is 14.6. The summed E-state index contributed by atoms with van der Waals surface area (Å²) < 4.78 is 0. The Bertz CT molecular complexity index is 607. The second kappa shape index (κ2) is 6.62. The summed E-state index contributed by atoms with van der Waals surface area (Å²) in [5, 5.41) is 9.83. The molecule has 22 heavy (non-hydrogen) atoms. The van der Waals surface area contributed by atoms with Crippen molar-refractivity contribution < 1.29 is 4.79 Å². The minimum atomic E-state index is -0.567. The van der Waals surface area contributed by atoms with Crippen molar-refractivity contribution >= 4 is 17.3 Å². The third-order valence-corrected chi connectivity index (χ3v) is 4.08. The molecule has 0 bridgehead atoms. The molecule has 114 valence electrons. The molecule has 4 heteroatoms. The van der Waals surface area contributed by atoms with Gasteiger partial charge < -0.3 is 16.0 Å². The summed E-state index contributed by atoms with van der Waals surface area (Å²) in [5.41, 5.74) is 1.25. The molecule has 0 radical (unpaired) electrons. The van der Waals surface area contributed by atoms with Crippen LogP contribution in [0.15, 0.2) is 60.7 Å². The molecule has 0 aromatic heterocycles. The van der Waals surface area contributed by atoms with Gasteiger partial charge in [0.25, 0.3) is 0 Å². The standard InChI is InChI=1S/C18H21N3O/c22-17(20-15-7-3-1-4-8-15)18(11-13-19-14-12-18)21-16-9-5-2-6-10-16/h1-10,19,21H,11-14H2,(H,20,22). The first-order valence-electron chi connectivity index (χ1n) is 7.69. The van der Waals surface area contributed by atoms with Gasteiger partial charge in [0.2, 0.25) is 5.91 Å². The molecule has 0 atom stereocenters. The lowest BCUT2D eigenvalue weighted by Gasteiger charge is -2.37. The first-order valence-corrected chi connectivity index (χ1v) is 7.69. The fourth-order valence-electron chi connectivity index (χ4n) is 2.83. The Kier molecular flexibility index (Phi) is 4.39. The molecule has 0 spiro atoms. The maximum atomic E-state index is 12.9. The summed E-state index contributed by atoms with van der Waals surface area (Å²) in [6.45, 7) is 1.67. The number of amides is 1. The van der Waals surface area contributed by atoms with Crippen LogP contribution in [0.4, 0.5) is 11.4 Å². The lowest BCUT2D eigenvalue weighted by atomic mass is 9.86. The van der Waals surface area contributed by atoms with Crippen LogP contribution in [0.25, 0.3) is 0 Å². The summed E-state index contributed by atoms with van der Waals surface area (Å²) in [6.07, 6.45) is 1.53. The third kappa shape index (κ3) is 3.28. The van der Waals surface area contributed by atoms with Crippen LogP contribution < -0.4 is 16.0 Å². The van der Waals surface area contributed by atoms with E-state index in [-0.39, 0.29) is 5.91 Å². The third-order valence-electron chi connectivity index (χ3n) is 4.08. The van der Waals surface area contributed by atoms with E-state index in [1.807, 2.05) is 60.7 Å². The average molecular weight is 295 g/mol. The number of nitrogens with one attached hydrogen (secondary N) is 3. The van der Waals surface area contributed by atoms with Crippen molar-refractivity contribution in [1.29, 1.82) is 0 Å². The minimum absolute atomic E-state index is 0.0315. The fraction of sp³-hybridized carbons (Fsp3) is 0.278. The number of carbonyl (C=O) groups excluding carboxylic acids is 1. The van der Waals surface area contributed by atoms with Gasteiger partial charge in [-0.3, -0.25) is 4.79 Å². The van der Waals surface area contributed by atoms with Crippen LogP contribution in [0.5, 0.6) is 0 Å². The van der Waals surface area contributed by atoms with Crippen LogP contribution in [0.3, 0.4) is 0 Å². The Morgan fingerprint density at radius 1 is 0.864 bits per heavy atom. The molecule has 1 saturated heterocycles. The van der Waals surface area contributed by atoms with Gasteiger partial charge in [-0.05, 0) is 50.2 Å². The van der Waals surface area contributed by atoms with Crippen molar-refractivity contribution in [3.8, 4) is 0 Å². The van der Waals surface area contributed by atoms with E-state index in [1.54, 1.807) is 0 Å². The zero-order chi connectivity index (χ0) is 15.3. The summed E-state index contributed by atoms with van der Waals surface area (Å²) >= 11 is 0. The molecule has 0 aliphatic carbocycles. The predicted molar refractivity (Wildman–Crippen MR) is 90.0 cm³/mol. The average Bonchev–Trinajstić information content (AvgIpc) is 2.57. The highest BCUT2D eigenvalue weighted by molar-refractivity contribution is 6.00. The highest BCUT2D eigenvalue weighted by Gasteiger charge is 2.39. The topological polar surface area (TPSA) is 53.2 Å². The van der Waals surface area contributed by atoms with E-state index in [9.17, 15) is 4.79 Å². The Labute approximate surface area is 130 Å². The van der Waals surface area contributed by atoms with E-state index >= 15 is 0 Å². The van der Waals surface area contributed by atoms with Crippen molar-refractivity contribution in [1.82, 2.24) is 5.32 Å². The second-order valence-electron chi connectivity index (χ2n) is 5.64. The van der Waals surface area contributed by atoms with E-state index in [0.717, 1.165) is 37.3 Å². The minimum Gasteiger partial charge on any atom is -0.371 e. The van der Waals surface area contributed by atoms with Gasteiger partial charge >= 0.3 is 0 Å². The van der Waals surface area contributed by atoms with Crippen LogP contribution in [-0.2, 0) is 4.79 Å². The number of anilines is 2. The van der Waals surface area contributed by atoms with Crippen LogP contribution in [0.2, 0.25) is 0 Å². The van der Waals surface area contributed by atoms with Crippen molar-refractivity contribution in [3.63, 3.8) is 0 Å². The van der Waals surface area contributed by atoms with Crippen molar-refractivity contribution in [2.24, 2.45) is 0 Å². The van der Waals surface area contributed by atoms with Gasteiger partial charge in [-0.25, -0.2) is 0 Å². The van der Waals surface area contributed by atoms with Gasteiger partial charge in [0.15, 0.2) is 0 Å². The summed E-state index contributed by atoms with van der Waals surface area (Å²) in [5.74, 6) is 0.0315. The Morgan fingerprint density at radius 2 is 1.41 bits per heavy atom. The Morgan fingerprint density at radius 3 is 2.00 bits per heavy atom. The molecule has 3 rings (SSSR count). The van der Waals surface area contributed by atoms with Crippen LogP contribution >= 0.6 is 0 Å². The second-order valence-corrected chi connectivity index (χ2v) is 5.64. The molecular weight excluding hydrogens is 274 g/mol. The lowest BCUT2D eigenvalue weighted by Crippen LogP contribution is -2.55. The molecule has 2 aromatic carbocycles. The van der Waals surface area contributed by atoms with E-state index in [2.05, 4.69) is 16.0 Å². The lowest BCUT2D eigenvalue weighted by molar-refractivity contribution is -0.121. The highest BCUT2D eigenvalue weighted by Crippen LogP contribution is 2.26. The maximum absolute atomic E-state index is 12.9. The monoisotopic (exact) mass is 295 g/mol. The van der Waals surface area contributed by atoms with Gasteiger partial charge in [0, 0.05) is 11.4 Å². The number of benzene rings is 2. The molecule has 0 unspecified atom stereocenters. The van der Waals surface area contributed by atoms with E-state index < -0.39 is 5.54 Å². The highest BCUT2D eigenvalue weighted by atomic mass is 16.2. The molecule has 1 aliphatic heterocycles. The predicted octanol–water partition coefficient (Wildman–Crippen LogP) is 2.86. The summed E-state index contributed by atoms with van der Waals surface area (Å²) in [4.78, 5) is 12.9. The Balaban J connectivity index is 1.80. The first-order chi connectivity index (χ1) is 10.8. The molecule has 1 aliphatic rings. The van der Waals surface area contributed by atoms with Gasteiger partial charge in [-0.2, -0.15) is 0 Å². The Hall–Kier alpha value is -2.33. The van der Waals surface area contributed by atoms with Crippen LogP contribution in [0.1, 0.15) is 12.8 Å². The van der Waals surface area contributed by atoms with E-state index in [1.165, 1.54) is 0 Å². The van der Waals surface area contributed by atoms with Gasteiger partial charge in [0.05, 0.1) is 0 Å². The molecule has 1 fully saturated rings. The number of carbonyl (C=O) groups is 1. The number of hydrogen-bond donors (Lipinski definition) is 3. The molecule has 1 amide bonds. The SMILES string of the molecule is O=C(Nc1ccccc1)C1(Nc2ccccc2)CCNCC1. The van der Waals surface area contributed by atoms with Crippen molar-refractivity contribution in [2.75, 3.05) is 23.7 Å². The zero-order valence-corrected chi connectivity index (χ0v) is 12.5. The molecular formula is C18H21N3O. The summed E-state index contributed by atoms with van der Waals surface area (Å²) in [7, 11) is 0. The van der Waals surface area contributed by atoms with Gasteiger partial charge in [-0.1, -0.05) is 36.4 Å². The van der Waals surface area contributed by atoms with Gasteiger partial charge in [-0.15, -0.1) is 0 Å². The fourth-order valence-corrected chi connectivity index (χ4v) is 2.83.